The summed E-state index contributed by atoms with van der Waals surface area (Å²) in [6.45, 7) is 3.89. The van der Waals surface area contributed by atoms with Crippen LogP contribution in [0.15, 0.2) is 0 Å². The van der Waals surface area contributed by atoms with Gasteiger partial charge < -0.3 is 5.11 Å². The van der Waals surface area contributed by atoms with Crippen molar-refractivity contribution in [2.24, 2.45) is 0 Å². The lowest BCUT2D eigenvalue weighted by molar-refractivity contribution is 0.279. The number of hydrogen-bond acceptors (Lipinski definition) is 3. The molecule has 0 fully saturated rings. The summed E-state index contributed by atoms with van der Waals surface area (Å²) in [5, 5.41) is 8.58. The Balaban J connectivity index is 3.83. The van der Waals surface area contributed by atoms with Crippen LogP contribution in [0, 0.1) is 0 Å². The predicted octanol–water partition coefficient (Wildman–Crippen LogP) is 0.867. The van der Waals surface area contributed by atoms with Crippen LogP contribution in [0.4, 0.5) is 0 Å². The quantitative estimate of drug-likeness (QED) is 0.641. The van der Waals surface area contributed by atoms with Crippen LogP contribution < -0.4 is 4.72 Å². The lowest BCUT2D eigenvalue weighted by atomic mass is 10.2. The first-order valence-corrected chi connectivity index (χ1v) is 6.78. The molecule has 0 aromatic rings. The minimum absolute atomic E-state index is 0.0796. The smallest absolute Gasteiger partial charge is 0.211 e. The van der Waals surface area contributed by atoms with Crippen molar-refractivity contribution in [3.05, 3.63) is 0 Å². The van der Waals surface area contributed by atoms with Gasteiger partial charge in [0.25, 0.3) is 0 Å². The number of nitrogens with one attached hydrogen (secondary N) is 1. The predicted molar refractivity (Wildman–Crippen MR) is 57.6 cm³/mol. The standard InChI is InChI=1S/C9H21NO3S/c1-3-4-8-14(12,13)10-9(2)6-5-7-11/h9-11H,3-8H2,1-2H3. The lowest BCUT2D eigenvalue weighted by Gasteiger charge is -2.13. The topological polar surface area (TPSA) is 66.4 Å². The second-order valence-electron chi connectivity index (χ2n) is 3.56. The average molecular weight is 223 g/mol. The Morgan fingerprint density at radius 1 is 1.36 bits per heavy atom. The highest BCUT2D eigenvalue weighted by atomic mass is 32.2. The number of sulfonamides is 1. The number of unbranched alkanes of at least 4 members (excludes halogenated alkanes) is 1. The summed E-state index contributed by atoms with van der Waals surface area (Å²) >= 11 is 0. The van der Waals surface area contributed by atoms with E-state index in [1.165, 1.54) is 0 Å². The molecule has 0 heterocycles. The van der Waals surface area contributed by atoms with E-state index in [0.29, 0.717) is 19.3 Å². The molecule has 1 unspecified atom stereocenters. The first kappa shape index (κ1) is 13.9. The first-order valence-electron chi connectivity index (χ1n) is 5.12. The van der Waals surface area contributed by atoms with Crippen molar-refractivity contribution < 1.29 is 13.5 Å². The fraction of sp³-hybridized carbons (Fsp3) is 1.00. The Morgan fingerprint density at radius 2 is 2.00 bits per heavy atom. The second-order valence-corrected chi connectivity index (χ2v) is 5.43. The van der Waals surface area contributed by atoms with Crippen LogP contribution in [-0.4, -0.2) is 31.9 Å². The molecule has 0 aromatic carbocycles. The zero-order valence-corrected chi connectivity index (χ0v) is 9.81. The van der Waals surface area contributed by atoms with E-state index in [0.717, 1.165) is 6.42 Å². The van der Waals surface area contributed by atoms with Gasteiger partial charge in [-0.1, -0.05) is 13.3 Å². The Labute approximate surface area is 86.8 Å². The molecule has 5 heteroatoms. The molecule has 0 bridgehead atoms. The summed E-state index contributed by atoms with van der Waals surface area (Å²) in [6.07, 6.45) is 2.90. The van der Waals surface area contributed by atoms with Gasteiger partial charge in [0, 0.05) is 12.6 Å². The fourth-order valence-corrected chi connectivity index (χ4v) is 2.67. The number of rotatable bonds is 8. The van der Waals surface area contributed by atoms with Gasteiger partial charge in [0.15, 0.2) is 0 Å². The summed E-state index contributed by atoms with van der Waals surface area (Å²) in [5.74, 6) is 0.201. The Bertz CT molecular complexity index is 226. The van der Waals surface area contributed by atoms with Gasteiger partial charge in [0.2, 0.25) is 10.0 Å². The van der Waals surface area contributed by atoms with Gasteiger partial charge in [-0.15, -0.1) is 0 Å². The van der Waals surface area contributed by atoms with Crippen LogP contribution in [0.3, 0.4) is 0 Å². The van der Waals surface area contributed by atoms with Crippen LogP contribution >= 0.6 is 0 Å². The maximum atomic E-state index is 11.4. The minimum Gasteiger partial charge on any atom is -0.396 e. The number of aliphatic hydroxyl groups is 1. The van der Waals surface area contributed by atoms with Crippen LogP contribution in [0.25, 0.3) is 0 Å². The average Bonchev–Trinajstić information content (AvgIpc) is 2.11. The molecular weight excluding hydrogens is 202 g/mol. The van der Waals surface area contributed by atoms with E-state index < -0.39 is 10.0 Å². The maximum Gasteiger partial charge on any atom is 0.211 e. The molecule has 86 valence electrons. The van der Waals surface area contributed by atoms with Gasteiger partial charge in [-0.3, -0.25) is 0 Å². The summed E-state index contributed by atoms with van der Waals surface area (Å²) in [7, 11) is -3.11. The van der Waals surface area contributed by atoms with Crippen molar-refractivity contribution in [1.29, 1.82) is 0 Å². The summed E-state index contributed by atoms with van der Waals surface area (Å²) in [6, 6.07) is -0.0796. The third-order valence-electron chi connectivity index (χ3n) is 1.94. The van der Waals surface area contributed by atoms with Crippen molar-refractivity contribution in [1.82, 2.24) is 4.72 Å². The van der Waals surface area contributed by atoms with E-state index >= 15 is 0 Å². The molecule has 0 aromatic heterocycles. The SMILES string of the molecule is CCCCS(=O)(=O)NC(C)CCCO. The summed E-state index contributed by atoms with van der Waals surface area (Å²) in [4.78, 5) is 0. The van der Waals surface area contributed by atoms with Crippen molar-refractivity contribution >= 4 is 10.0 Å². The lowest BCUT2D eigenvalue weighted by Crippen LogP contribution is -2.34. The molecule has 0 rings (SSSR count). The van der Waals surface area contributed by atoms with E-state index in [9.17, 15) is 8.42 Å². The molecule has 0 saturated heterocycles. The van der Waals surface area contributed by atoms with E-state index in [4.69, 9.17) is 5.11 Å². The highest BCUT2D eigenvalue weighted by molar-refractivity contribution is 7.89. The van der Waals surface area contributed by atoms with Crippen LogP contribution in [0.1, 0.15) is 39.5 Å². The Hall–Kier alpha value is -0.130. The molecule has 0 spiro atoms. The van der Waals surface area contributed by atoms with E-state index in [-0.39, 0.29) is 18.4 Å². The first-order chi connectivity index (χ1) is 6.52. The molecule has 0 aliphatic heterocycles. The minimum atomic E-state index is -3.11. The molecule has 0 saturated carbocycles. The van der Waals surface area contributed by atoms with Crippen molar-refractivity contribution in [3.63, 3.8) is 0 Å². The molecule has 0 amide bonds. The van der Waals surface area contributed by atoms with Crippen LogP contribution in [0.5, 0.6) is 0 Å². The molecule has 4 nitrogen and oxygen atoms in total. The van der Waals surface area contributed by atoms with Crippen molar-refractivity contribution in [3.8, 4) is 0 Å². The molecule has 14 heavy (non-hydrogen) atoms. The number of hydrogen-bond donors (Lipinski definition) is 2. The normalized spacial score (nSPS) is 14.2. The van der Waals surface area contributed by atoms with Crippen LogP contribution in [-0.2, 0) is 10.0 Å². The van der Waals surface area contributed by atoms with E-state index in [1.807, 2.05) is 13.8 Å². The van der Waals surface area contributed by atoms with Crippen molar-refractivity contribution in [2.75, 3.05) is 12.4 Å². The van der Waals surface area contributed by atoms with Crippen molar-refractivity contribution in [2.45, 2.75) is 45.6 Å². The number of aliphatic hydroxyl groups excluding tert-OH is 1. The van der Waals surface area contributed by atoms with Gasteiger partial charge in [-0.05, 0) is 26.2 Å². The molecule has 0 aliphatic rings. The van der Waals surface area contributed by atoms with Gasteiger partial charge in [0.1, 0.15) is 0 Å². The van der Waals surface area contributed by atoms with E-state index in [2.05, 4.69) is 4.72 Å². The van der Waals surface area contributed by atoms with Gasteiger partial charge in [-0.25, -0.2) is 13.1 Å². The van der Waals surface area contributed by atoms with E-state index in [1.54, 1.807) is 0 Å². The highest BCUT2D eigenvalue weighted by Crippen LogP contribution is 2.00. The maximum absolute atomic E-state index is 11.4. The third kappa shape index (κ3) is 7.29. The van der Waals surface area contributed by atoms with Gasteiger partial charge >= 0.3 is 0 Å². The Morgan fingerprint density at radius 3 is 2.50 bits per heavy atom. The molecule has 0 aliphatic carbocycles. The van der Waals surface area contributed by atoms with Gasteiger partial charge in [0.05, 0.1) is 5.75 Å². The fourth-order valence-electron chi connectivity index (χ4n) is 1.16. The molecule has 2 N–H and O–H groups in total. The highest BCUT2D eigenvalue weighted by Gasteiger charge is 2.12. The summed E-state index contributed by atoms with van der Waals surface area (Å²) in [5.41, 5.74) is 0. The largest absolute Gasteiger partial charge is 0.396 e. The van der Waals surface area contributed by atoms with Gasteiger partial charge in [-0.2, -0.15) is 0 Å². The molecular formula is C9H21NO3S. The Kier molecular flexibility index (Phi) is 7.13. The summed E-state index contributed by atoms with van der Waals surface area (Å²) < 4.78 is 25.4. The molecule has 1 atom stereocenters. The molecule has 0 radical (unpaired) electrons. The monoisotopic (exact) mass is 223 g/mol. The zero-order valence-electron chi connectivity index (χ0n) is 8.99. The third-order valence-corrected chi connectivity index (χ3v) is 3.53. The van der Waals surface area contributed by atoms with Crippen LogP contribution in [0.2, 0.25) is 0 Å². The zero-order chi connectivity index (χ0) is 11.0. The second kappa shape index (κ2) is 7.20.